The molecule has 3 aromatic rings. The second-order valence-electron chi connectivity index (χ2n) is 7.54. The molecule has 154 valence electrons. The fourth-order valence-corrected chi connectivity index (χ4v) is 3.78. The Hall–Kier alpha value is -3.05. The Morgan fingerprint density at radius 2 is 1.87 bits per heavy atom. The molecule has 0 saturated heterocycles. The molecule has 30 heavy (non-hydrogen) atoms. The van der Waals surface area contributed by atoms with Crippen molar-refractivity contribution in [2.75, 3.05) is 12.4 Å². The number of anilines is 1. The number of rotatable bonds is 6. The number of carbonyl (C=O) groups is 1. The topological polar surface area (TPSA) is 60.3 Å². The first-order valence-corrected chi connectivity index (χ1v) is 10.3. The molecule has 4 rings (SSSR count). The minimum Gasteiger partial charge on any atom is -0.495 e. The van der Waals surface area contributed by atoms with Gasteiger partial charge in [-0.3, -0.25) is 14.2 Å². The fraction of sp³-hybridized carbons (Fsp3) is 0.250. The summed E-state index contributed by atoms with van der Waals surface area (Å²) in [7, 11) is 1.56. The van der Waals surface area contributed by atoms with E-state index in [1.807, 2.05) is 36.4 Å². The monoisotopic (exact) mass is 422 g/mol. The van der Waals surface area contributed by atoms with Gasteiger partial charge in [0.1, 0.15) is 11.8 Å². The van der Waals surface area contributed by atoms with E-state index in [4.69, 9.17) is 16.3 Å². The number of benzene rings is 2. The van der Waals surface area contributed by atoms with Crippen LogP contribution in [-0.2, 0) is 4.79 Å². The van der Waals surface area contributed by atoms with Gasteiger partial charge >= 0.3 is 0 Å². The summed E-state index contributed by atoms with van der Waals surface area (Å²) in [4.78, 5) is 25.6. The summed E-state index contributed by atoms with van der Waals surface area (Å²) in [6.07, 6.45) is 3.86. The van der Waals surface area contributed by atoms with Crippen LogP contribution in [0.3, 0.4) is 0 Å². The van der Waals surface area contributed by atoms with Gasteiger partial charge in [0.25, 0.3) is 5.56 Å². The van der Waals surface area contributed by atoms with Crippen molar-refractivity contribution in [2.45, 2.75) is 31.7 Å². The predicted molar refractivity (Wildman–Crippen MR) is 119 cm³/mol. The molecule has 0 spiro atoms. The highest BCUT2D eigenvalue weighted by molar-refractivity contribution is 6.30. The van der Waals surface area contributed by atoms with Gasteiger partial charge in [-0.2, -0.15) is 0 Å². The highest BCUT2D eigenvalue weighted by atomic mass is 35.5. The minimum atomic E-state index is -0.706. The number of nitrogens with one attached hydrogen (secondary N) is 1. The zero-order chi connectivity index (χ0) is 21.3. The molecule has 1 fully saturated rings. The lowest BCUT2D eigenvalue weighted by molar-refractivity contribution is -0.118. The molecule has 1 aliphatic carbocycles. The zero-order valence-corrected chi connectivity index (χ0v) is 17.6. The molecule has 0 radical (unpaired) electrons. The van der Waals surface area contributed by atoms with Crippen molar-refractivity contribution in [3.8, 4) is 16.9 Å². The second kappa shape index (κ2) is 8.36. The lowest BCUT2D eigenvalue weighted by Gasteiger charge is -2.19. The molecule has 1 aliphatic rings. The first-order valence-electron chi connectivity index (χ1n) is 9.94. The zero-order valence-electron chi connectivity index (χ0n) is 16.9. The first-order chi connectivity index (χ1) is 14.5. The lowest BCUT2D eigenvalue weighted by Crippen LogP contribution is -2.31. The van der Waals surface area contributed by atoms with Gasteiger partial charge in [-0.05, 0) is 61.1 Å². The molecule has 0 aliphatic heterocycles. The Balaban J connectivity index is 1.71. The SMILES string of the molecule is COc1cn(C(C)C(=O)Nc2ccccc2)c(=O)cc1-c1cc(Cl)ccc1C1CC1. The van der Waals surface area contributed by atoms with Crippen molar-refractivity contribution in [1.29, 1.82) is 0 Å². The lowest BCUT2D eigenvalue weighted by atomic mass is 9.96. The maximum atomic E-state index is 13.0. The number of para-hydroxylation sites is 1. The van der Waals surface area contributed by atoms with Crippen LogP contribution in [0.2, 0.25) is 5.02 Å². The average Bonchev–Trinajstić information content (AvgIpc) is 3.59. The number of carbonyl (C=O) groups excluding carboxylic acids is 1. The molecule has 1 heterocycles. The third kappa shape index (κ3) is 4.12. The van der Waals surface area contributed by atoms with Gasteiger partial charge in [-0.1, -0.05) is 35.9 Å². The van der Waals surface area contributed by atoms with Crippen LogP contribution in [0.15, 0.2) is 65.6 Å². The molecular weight excluding hydrogens is 400 g/mol. The van der Waals surface area contributed by atoms with Crippen LogP contribution in [0.5, 0.6) is 5.75 Å². The van der Waals surface area contributed by atoms with Crippen molar-refractivity contribution in [3.05, 3.63) is 81.7 Å². The standard InChI is InChI=1S/C24H23ClN2O3/c1-15(24(29)26-18-6-4-3-5-7-18)27-14-22(30-2)21(13-23(27)28)20-12-17(25)10-11-19(20)16-8-9-16/h3-7,10-16H,8-9H2,1-2H3,(H,26,29). The van der Waals surface area contributed by atoms with Crippen LogP contribution in [-0.4, -0.2) is 17.6 Å². The van der Waals surface area contributed by atoms with Crippen molar-refractivity contribution in [1.82, 2.24) is 4.57 Å². The molecule has 1 aromatic heterocycles. The molecule has 1 saturated carbocycles. The van der Waals surface area contributed by atoms with E-state index < -0.39 is 6.04 Å². The van der Waals surface area contributed by atoms with E-state index in [1.165, 1.54) is 16.2 Å². The van der Waals surface area contributed by atoms with Gasteiger partial charge in [0, 0.05) is 22.3 Å². The third-order valence-corrected chi connectivity index (χ3v) is 5.66. The summed E-state index contributed by atoms with van der Waals surface area (Å²) in [5.74, 6) is 0.734. The summed E-state index contributed by atoms with van der Waals surface area (Å²) < 4.78 is 6.99. The van der Waals surface area contributed by atoms with Crippen LogP contribution in [0.25, 0.3) is 11.1 Å². The Bertz CT molecular complexity index is 1140. The number of hydrogen-bond donors (Lipinski definition) is 1. The molecule has 5 nitrogen and oxygen atoms in total. The number of nitrogens with zero attached hydrogens (tertiary/aromatic N) is 1. The van der Waals surface area contributed by atoms with Crippen LogP contribution in [0.1, 0.15) is 37.3 Å². The van der Waals surface area contributed by atoms with E-state index in [1.54, 1.807) is 32.4 Å². The van der Waals surface area contributed by atoms with Crippen molar-refractivity contribution in [2.24, 2.45) is 0 Å². The average molecular weight is 423 g/mol. The number of halogens is 1. The Kier molecular flexibility index (Phi) is 5.64. The maximum absolute atomic E-state index is 13.0. The Morgan fingerprint density at radius 1 is 1.13 bits per heavy atom. The smallest absolute Gasteiger partial charge is 0.252 e. The van der Waals surface area contributed by atoms with Crippen LogP contribution in [0, 0.1) is 0 Å². The largest absolute Gasteiger partial charge is 0.495 e. The number of hydrogen-bond acceptors (Lipinski definition) is 3. The summed E-state index contributed by atoms with van der Waals surface area (Å²) in [6, 6.07) is 15.8. The normalized spacial score (nSPS) is 14.2. The van der Waals surface area contributed by atoms with E-state index in [-0.39, 0.29) is 11.5 Å². The quantitative estimate of drug-likeness (QED) is 0.589. The van der Waals surface area contributed by atoms with Crippen molar-refractivity contribution >= 4 is 23.2 Å². The molecule has 1 N–H and O–H groups in total. The summed E-state index contributed by atoms with van der Waals surface area (Å²) in [6.45, 7) is 1.69. The summed E-state index contributed by atoms with van der Waals surface area (Å²) >= 11 is 6.25. The third-order valence-electron chi connectivity index (χ3n) is 5.42. The summed E-state index contributed by atoms with van der Waals surface area (Å²) in [5, 5.41) is 3.44. The van der Waals surface area contributed by atoms with Gasteiger partial charge in [0.15, 0.2) is 0 Å². The molecule has 1 atom stereocenters. The fourth-order valence-electron chi connectivity index (χ4n) is 3.61. The first kappa shape index (κ1) is 20.2. The van der Waals surface area contributed by atoms with Gasteiger partial charge in [-0.15, -0.1) is 0 Å². The minimum absolute atomic E-state index is 0.275. The Morgan fingerprint density at radius 3 is 2.53 bits per heavy atom. The number of ether oxygens (including phenoxy) is 1. The molecule has 6 heteroatoms. The van der Waals surface area contributed by atoms with Gasteiger partial charge < -0.3 is 10.1 Å². The van der Waals surface area contributed by atoms with Gasteiger partial charge in [0.2, 0.25) is 5.91 Å². The Labute approximate surface area is 180 Å². The van der Waals surface area contributed by atoms with E-state index in [0.717, 1.165) is 18.4 Å². The molecule has 1 amide bonds. The van der Waals surface area contributed by atoms with Crippen molar-refractivity contribution < 1.29 is 9.53 Å². The number of amides is 1. The van der Waals surface area contributed by atoms with Crippen LogP contribution >= 0.6 is 11.6 Å². The predicted octanol–water partition coefficient (Wildman–Crippen LogP) is 5.25. The number of methoxy groups -OCH3 is 1. The molecule has 1 unspecified atom stereocenters. The van der Waals surface area contributed by atoms with E-state index >= 15 is 0 Å². The summed E-state index contributed by atoms with van der Waals surface area (Å²) in [5.41, 5.74) is 3.18. The van der Waals surface area contributed by atoms with Crippen molar-refractivity contribution in [3.63, 3.8) is 0 Å². The van der Waals surface area contributed by atoms with E-state index in [9.17, 15) is 9.59 Å². The van der Waals surface area contributed by atoms with Crippen LogP contribution < -0.4 is 15.6 Å². The molecule has 2 aromatic carbocycles. The number of pyridine rings is 1. The molecular formula is C24H23ClN2O3. The van der Waals surface area contributed by atoms with Gasteiger partial charge in [-0.25, -0.2) is 0 Å². The molecule has 0 bridgehead atoms. The highest BCUT2D eigenvalue weighted by Crippen LogP contribution is 2.46. The van der Waals surface area contributed by atoms with E-state index in [0.29, 0.717) is 27.9 Å². The maximum Gasteiger partial charge on any atom is 0.252 e. The van der Waals surface area contributed by atoms with Crippen LogP contribution in [0.4, 0.5) is 5.69 Å². The van der Waals surface area contributed by atoms with E-state index in [2.05, 4.69) is 5.32 Å². The highest BCUT2D eigenvalue weighted by Gasteiger charge is 2.28. The van der Waals surface area contributed by atoms with Gasteiger partial charge in [0.05, 0.1) is 13.3 Å². The second-order valence-corrected chi connectivity index (χ2v) is 7.97. The number of aromatic nitrogens is 1.